The van der Waals surface area contributed by atoms with Crippen molar-refractivity contribution < 1.29 is 43.5 Å². The van der Waals surface area contributed by atoms with Gasteiger partial charge in [0.05, 0.1) is 29.9 Å². The van der Waals surface area contributed by atoms with Gasteiger partial charge in [0.1, 0.15) is 23.7 Å². The van der Waals surface area contributed by atoms with Gasteiger partial charge in [-0.1, -0.05) is 24.3 Å². The number of nitrogens with two attached hydrogens (primary N) is 1. The minimum Gasteiger partial charge on any atom is -0.508 e. The molecular formula is C38H44N10O9S. The lowest BCUT2D eigenvalue weighted by atomic mass is 9.91. The quantitative estimate of drug-likeness (QED) is 0.0796. The Balaban J connectivity index is 1.16. The van der Waals surface area contributed by atoms with E-state index < -0.39 is 46.3 Å². The van der Waals surface area contributed by atoms with Gasteiger partial charge >= 0.3 is 6.03 Å². The first-order valence-corrected chi connectivity index (χ1v) is 20.1. The van der Waals surface area contributed by atoms with Gasteiger partial charge in [-0.25, -0.2) is 23.3 Å². The second-order valence-corrected chi connectivity index (χ2v) is 15.9. The van der Waals surface area contributed by atoms with Crippen molar-refractivity contribution in [3.8, 4) is 11.5 Å². The van der Waals surface area contributed by atoms with E-state index in [0.717, 1.165) is 11.1 Å². The number of nitrogens with zero attached hydrogens (tertiary/aromatic N) is 5. The normalized spacial score (nSPS) is 20.7. The number of hydrogen-bond acceptors (Lipinski definition) is 14. The number of nitrogens with one attached hydrogen (secondary N) is 4. The molecule has 2 fully saturated rings. The zero-order valence-electron chi connectivity index (χ0n) is 31.0. The molecule has 2 aromatic heterocycles. The number of urea groups is 1. The van der Waals surface area contributed by atoms with Gasteiger partial charge < -0.3 is 56.3 Å². The van der Waals surface area contributed by atoms with Gasteiger partial charge in [-0.3, -0.25) is 4.79 Å². The van der Waals surface area contributed by atoms with Crippen molar-refractivity contribution in [2.24, 2.45) is 5.14 Å². The molecule has 2 aliphatic rings. The summed E-state index contributed by atoms with van der Waals surface area (Å²) in [7, 11) is -3.89. The van der Waals surface area contributed by atoms with Crippen molar-refractivity contribution in [2.45, 2.75) is 60.4 Å². The number of carbonyl (C=O) groups excluding carboxylic acids is 2. The number of hydrogen-bond donors (Lipinski definition) is 10. The van der Waals surface area contributed by atoms with E-state index in [1.54, 1.807) is 53.1 Å². The minimum atomic E-state index is -3.89. The SMILES string of the molecule is NS(=O)(=O)c1ccc(NC(=O)NC2CCN(c3nc(NCC(c4ccc(O)cc4)c4ccc(O)cc4)c4ncn([C@@H]5C[C@H](NC(=O)CCO)[C@@H](O)[C@H]5O)c4n3)C2)cc1. The molecular weight excluding hydrogens is 773 g/mol. The monoisotopic (exact) mass is 816 g/mol. The first-order valence-electron chi connectivity index (χ1n) is 18.6. The third-order valence-electron chi connectivity index (χ3n) is 10.4. The molecule has 3 aromatic carbocycles. The number of aromatic hydroxyl groups is 2. The lowest BCUT2D eigenvalue weighted by Gasteiger charge is -2.22. The number of benzene rings is 3. The van der Waals surface area contributed by atoms with Crippen molar-refractivity contribution in [1.29, 1.82) is 0 Å². The van der Waals surface area contributed by atoms with Crippen molar-refractivity contribution in [3.63, 3.8) is 0 Å². The Hall–Kier alpha value is -6.06. The third-order valence-corrected chi connectivity index (χ3v) is 11.3. The predicted molar refractivity (Wildman–Crippen MR) is 212 cm³/mol. The van der Waals surface area contributed by atoms with E-state index in [2.05, 4.69) is 26.3 Å². The van der Waals surface area contributed by atoms with Gasteiger partial charge in [-0.05, 0) is 72.5 Å². The molecule has 5 atom stereocenters. The van der Waals surface area contributed by atoms with Crippen molar-refractivity contribution in [2.75, 3.05) is 41.8 Å². The molecule has 58 heavy (non-hydrogen) atoms. The van der Waals surface area contributed by atoms with E-state index >= 15 is 0 Å². The highest BCUT2D eigenvalue weighted by Crippen LogP contribution is 2.36. The van der Waals surface area contributed by atoms with Crippen LogP contribution >= 0.6 is 0 Å². The summed E-state index contributed by atoms with van der Waals surface area (Å²) in [6.07, 6.45) is -0.572. The summed E-state index contributed by atoms with van der Waals surface area (Å²) in [6.45, 7) is 0.711. The number of anilines is 3. The molecule has 1 aliphatic carbocycles. The largest absolute Gasteiger partial charge is 0.508 e. The number of rotatable bonds is 13. The predicted octanol–water partition coefficient (Wildman–Crippen LogP) is 1.06. The number of aromatic nitrogens is 4. The molecule has 20 heteroatoms. The Kier molecular flexibility index (Phi) is 11.6. The molecule has 0 spiro atoms. The molecule has 1 saturated carbocycles. The van der Waals surface area contributed by atoms with Crippen LogP contribution in [-0.4, -0.2) is 116 Å². The maximum absolute atomic E-state index is 12.9. The summed E-state index contributed by atoms with van der Waals surface area (Å²) in [4.78, 5) is 41.5. The number of carbonyl (C=O) groups is 2. The second kappa shape index (κ2) is 16.8. The number of primary sulfonamides is 1. The lowest BCUT2D eigenvalue weighted by molar-refractivity contribution is -0.123. The summed E-state index contributed by atoms with van der Waals surface area (Å²) < 4.78 is 24.9. The number of aliphatic hydroxyl groups is 3. The summed E-state index contributed by atoms with van der Waals surface area (Å²) in [5, 5.41) is 68.2. The zero-order chi connectivity index (χ0) is 41.1. The average molecular weight is 817 g/mol. The molecule has 306 valence electrons. The van der Waals surface area contributed by atoms with E-state index in [1.807, 2.05) is 4.90 Å². The van der Waals surface area contributed by atoms with Crippen LogP contribution in [0, 0.1) is 0 Å². The van der Waals surface area contributed by atoms with Crippen LogP contribution in [-0.2, 0) is 14.8 Å². The summed E-state index contributed by atoms with van der Waals surface area (Å²) in [5.41, 5.74) is 2.82. The van der Waals surface area contributed by atoms with Gasteiger partial charge in [-0.2, -0.15) is 9.97 Å². The Bertz CT molecular complexity index is 2320. The Morgan fingerprint density at radius 1 is 0.897 bits per heavy atom. The van der Waals surface area contributed by atoms with E-state index in [4.69, 9.17) is 15.1 Å². The first kappa shape index (κ1) is 40.1. The van der Waals surface area contributed by atoms with E-state index in [1.165, 1.54) is 30.6 Å². The molecule has 0 radical (unpaired) electrons. The third kappa shape index (κ3) is 8.90. The molecule has 3 amide bonds. The van der Waals surface area contributed by atoms with E-state index in [0.29, 0.717) is 54.7 Å². The molecule has 1 aliphatic heterocycles. The van der Waals surface area contributed by atoms with E-state index in [9.17, 15) is 43.5 Å². The maximum Gasteiger partial charge on any atom is 0.319 e. The van der Waals surface area contributed by atoms with Crippen molar-refractivity contribution >= 4 is 50.6 Å². The van der Waals surface area contributed by atoms with Gasteiger partial charge in [0.15, 0.2) is 17.0 Å². The van der Waals surface area contributed by atoms with Crippen LogP contribution in [0.15, 0.2) is 84.0 Å². The van der Waals surface area contributed by atoms with Crippen LogP contribution in [0.25, 0.3) is 11.2 Å². The van der Waals surface area contributed by atoms with Gasteiger partial charge in [0.2, 0.25) is 21.9 Å². The highest BCUT2D eigenvalue weighted by molar-refractivity contribution is 7.89. The molecule has 1 saturated heterocycles. The van der Waals surface area contributed by atoms with Crippen molar-refractivity contribution in [1.82, 2.24) is 30.2 Å². The molecule has 1 unspecified atom stereocenters. The molecule has 3 heterocycles. The maximum atomic E-state index is 12.9. The van der Waals surface area contributed by atoms with Gasteiger partial charge in [0.25, 0.3) is 0 Å². The number of phenolic OH excluding ortho intramolecular Hbond substituents is 2. The van der Waals surface area contributed by atoms with Crippen LogP contribution in [0.1, 0.15) is 42.3 Å². The Morgan fingerprint density at radius 3 is 2.17 bits per heavy atom. The molecule has 0 bridgehead atoms. The number of aliphatic hydroxyl groups excluding tert-OH is 3. The van der Waals surface area contributed by atoms with Crippen LogP contribution in [0.2, 0.25) is 0 Å². The Labute approximate surface area is 332 Å². The molecule has 19 nitrogen and oxygen atoms in total. The number of imidazole rings is 1. The zero-order valence-corrected chi connectivity index (χ0v) is 31.8. The standard InChI is InChI=1S/C38H44N10O9S/c39-58(56,57)27-11-5-23(6-12-27)42-38(55)43-24-13-15-47(19-24)37-45-35(40-18-28(21-1-7-25(50)8-2-21)22-3-9-26(51)10-4-22)32-36(46-37)48(20-41-32)30-17-29(33(53)34(30)54)44-31(52)14-16-49/h1-12,20,24,28-30,33-34,49-51,53-54H,13-19H2,(H,44,52)(H2,39,56,57)(H,40,45,46)(H2,42,43,55)/t24?,29-,30+,33+,34-/m0/s1. The smallest absolute Gasteiger partial charge is 0.319 e. The number of phenols is 2. The number of amides is 3. The van der Waals surface area contributed by atoms with Crippen molar-refractivity contribution in [3.05, 3.63) is 90.3 Å². The molecule has 7 rings (SSSR count). The number of sulfonamides is 1. The average Bonchev–Trinajstić information content (AvgIpc) is 3.91. The Morgan fingerprint density at radius 2 is 1.55 bits per heavy atom. The van der Waals surface area contributed by atoms with Crippen LogP contribution in [0.5, 0.6) is 11.5 Å². The topological polar surface area (TPSA) is 290 Å². The highest BCUT2D eigenvalue weighted by atomic mass is 32.2. The number of fused-ring (bicyclic) bond motifs is 1. The van der Waals surface area contributed by atoms with Gasteiger partial charge in [0, 0.05) is 43.7 Å². The first-order chi connectivity index (χ1) is 27.8. The van der Waals surface area contributed by atoms with Gasteiger partial charge in [-0.15, -0.1) is 0 Å². The summed E-state index contributed by atoms with van der Waals surface area (Å²) in [6, 6.07) is 16.7. The van der Waals surface area contributed by atoms with Crippen LogP contribution < -0.4 is 31.3 Å². The highest BCUT2D eigenvalue weighted by Gasteiger charge is 2.44. The van der Waals surface area contributed by atoms with E-state index in [-0.39, 0.29) is 47.8 Å². The molecule has 11 N–H and O–H groups in total. The fraction of sp³-hybridized carbons (Fsp3) is 0.342. The fourth-order valence-electron chi connectivity index (χ4n) is 7.40. The second-order valence-electron chi connectivity index (χ2n) is 14.3. The summed E-state index contributed by atoms with van der Waals surface area (Å²) >= 11 is 0. The summed E-state index contributed by atoms with van der Waals surface area (Å²) in [5.74, 6) is 0.136. The fourth-order valence-corrected chi connectivity index (χ4v) is 7.92. The van der Waals surface area contributed by atoms with Crippen LogP contribution in [0.3, 0.4) is 0 Å². The molecule has 5 aromatic rings. The lowest BCUT2D eigenvalue weighted by Crippen LogP contribution is -2.43. The minimum absolute atomic E-state index is 0.0865. The van der Waals surface area contributed by atoms with Crippen LogP contribution in [0.4, 0.5) is 22.2 Å².